The highest BCUT2D eigenvalue weighted by Crippen LogP contribution is 2.53. The Balaban J connectivity index is 0.000000155. The number of ether oxygens (including phenoxy) is 1. The van der Waals surface area contributed by atoms with Gasteiger partial charge in [-0.15, -0.1) is 0 Å². The summed E-state index contributed by atoms with van der Waals surface area (Å²) in [5.41, 5.74) is 19.2. The number of ketones is 1. The molecule has 91 heavy (non-hydrogen) atoms. The molecule has 6 aromatic carbocycles. The number of halogens is 2. The van der Waals surface area contributed by atoms with Crippen molar-refractivity contribution >= 4 is 21.7 Å². The van der Waals surface area contributed by atoms with Crippen molar-refractivity contribution in [1.29, 1.82) is 0 Å². The van der Waals surface area contributed by atoms with Crippen LogP contribution in [0.1, 0.15) is 274 Å². The summed E-state index contributed by atoms with van der Waals surface area (Å²) in [4.78, 5) is 11.8. The molecule has 5 heteroatoms. The number of aryl methyl sites for hydroxylation is 2. The minimum Gasteiger partial charge on any atom is -0.396 e. The first-order chi connectivity index (χ1) is 42.3. The normalized spacial score (nSPS) is 23.6. The lowest BCUT2D eigenvalue weighted by Crippen LogP contribution is -2.30. The summed E-state index contributed by atoms with van der Waals surface area (Å²) in [5, 5.41) is 9.55. The number of benzene rings is 6. The third-order valence-electron chi connectivity index (χ3n) is 21.2. The number of aliphatic hydroxyl groups is 1. The molecular weight excluding hydrogens is 1180 g/mol. The van der Waals surface area contributed by atoms with E-state index in [1.54, 1.807) is 41.3 Å². The minimum absolute atomic E-state index is 0.0988. The molecule has 10 unspecified atom stereocenters. The van der Waals surface area contributed by atoms with Gasteiger partial charge in [-0.3, -0.25) is 4.79 Å². The van der Waals surface area contributed by atoms with Crippen molar-refractivity contribution < 1.29 is 19.0 Å². The van der Waals surface area contributed by atoms with Crippen LogP contribution in [0.4, 0.5) is 4.39 Å². The fraction of sp³-hybridized carbons (Fsp3) is 0.570. The van der Waals surface area contributed by atoms with Gasteiger partial charge in [-0.25, -0.2) is 4.39 Å². The van der Waals surface area contributed by atoms with Crippen molar-refractivity contribution in [3.8, 4) is 0 Å². The van der Waals surface area contributed by atoms with Crippen LogP contribution in [0.25, 0.3) is 0 Å². The van der Waals surface area contributed by atoms with Gasteiger partial charge in [0.1, 0.15) is 11.6 Å². The Hall–Kier alpha value is -4.68. The lowest BCUT2D eigenvalue weighted by Gasteiger charge is -2.34. The Kier molecular flexibility index (Phi) is 24.3. The fourth-order valence-corrected chi connectivity index (χ4v) is 17.5. The second-order valence-electron chi connectivity index (χ2n) is 34.6. The molecule has 0 heterocycles. The van der Waals surface area contributed by atoms with E-state index in [1.165, 1.54) is 81.1 Å². The Labute approximate surface area is 562 Å². The zero-order chi connectivity index (χ0) is 67.3. The summed E-state index contributed by atoms with van der Waals surface area (Å²) >= 11 is 3.54. The molecule has 0 amide bonds. The quantitative estimate of drug-likeness (QED) is 0.187. The number of rotatable bonds is 5. The van der Waals surface area contributed by atoms with Crippen molar-refractivity contribution in [2.75, 3.05) is 6.61 Å². The molecule has 0 saturated carbocycles. The van der Waals surface area contributed by atoms with Crippen molar-refractivity contribution in [3.63, 3.8) is 0 Å². The molecule has 0 aromatic heterocycles. The first kappa shape index (κ1) is 73.7. The molecule has 0 saturated heterocycles. The predicted molar refractivity (Wildman–Crippen MR) is 389 cm³/mol. The molecule has 0 bridgehead atoms. The molecule has 1 N–H and O–H groups in total. The number of aliphatic hydroxyl groups excluding tert-OH is 1. The van der Waals surface area contributed by atoms with Crippen LogP contribution in [0.15, 0.2) is 138 Å². The number of carbonyl (C=O) groups is 1. The van der Waals surface area contributed by atoms with Gasteiger partial charge >= 0.3 is 0 Å². The first-order valence-corrected chi connectivity index (χ1v) is 35.8. The topological polar surface area (TPSA) is 46.5 Å². The summed E-state index contributed by atoms with van der Waals surface area (Å²) < 4.78 is 20.3. The lowest BCUT2D eigenvalue weighted by atomic mass is 9.72. The van der Waals surface area contributed by atoms with Crippen molar-refractivity contribution in [2.24, 2.45) is 50.2 Å². The molecular formula is C86H120BrFO3. The average Bonchev–Trinajstić information content (AvgIpc) is 1.89. The average molecular weight is 1300 g/mol. The van der Waals surface area contributed by atoms with Gasteiger partial charge in [-0.2, -0.15) is 0 Å². The summed E-state index contributed by atoms with van der Waals surface area (Å²) in [7, 11) is 0. The molecule has 6 aromatic rings. The van der Waals surface area contributed by atoms with Crippen LogP contribution in [-0.2, 0) is 48.1 Å². The summed E-state index contributed by atoms with van der Waals surface area (Å²) in [6.45, 7) is 50.0. The highest BCUT2D eigenvalue weighted by atomic mass is 79.9. The largest absolute Gasteiger partial charge is 0.396 e. The predicted octanol–water partition coefficient (Wildman–Crippen LogP) is 23.5. The maximum Gasteiger partial charge on any atom is 0.133 e. The zero-order valence-electron chi connectivity index (χ0n) is 60.6. The van der Waals surface area contributed by atoms with Gasteiger partial charge in [-0.1, -0.05) is 263 Å². The molecule has 0 fully saturated rings. The van der Waals surface area contributed by atoms with Crippen LogP contribution in [-0.4, -0.2) is 29.7 Å². The fourth-order valence-electron chi connectivity index (χ4n) is 17.1. The molecule has 0 spiro atoms. The van der Waals surface area contributed by atoms with E-state index >= 15 is 0 Å². The van der Waals surface area contributed by atoms with E-state index in [0.717, 1.165) is 43.4 Å². The van der Waals surface area contributed by atoms with Gasteiger partial charge in [-0.05, 0) is 231 Å². The molecule has 6 aliphatic rings. The molecule has 12 rings (SSSR count). The van der Waals surface area contributed by atoms with E-state index in [4.69, 9.17) is 4.74 Å². The number of hydrogen-bond donors (Lipinski definition) is 1. The third-order valence-corrected chi connectivity index (χ3v) is 21.7. The minimum atomic E-state index is -0.0988. The Morgan fingerprint density at radius 2 is 0.912 bits per heavy atom. The second kappa shape index (κ2) is 29.9. The lowest BCUT2D eigenvalue weighted by molar-refractivity contribution is -0.122. The monoisotopic (exact) mass is 1300 g/mol. The standard InChI is InChI=1S/C16H24O.C15H20O.C15H22.C14H20O.C13H17Br.C13H17F/c1-11(2)17-14-10-12-8-6-7-9-13(12)15(14)16(3,4)5;1-10(16)13-9-11-7-5-6-8-12(11)14(13)15(2,3)4;1-5-11-10-12-8-6-7-9-13(12)14(11)15(2,3)4;1-14(2,3)13-8-10-6-4-5-7-11(10)12(13)9-15;2*1-13(2,3)12-7-4-9-8-10(14)5-6-11(9)12/h6-9,11,14-15H,10H2,1-5H3;5-8,13-14H,9H2,1-4H3;6-9,11,14H,5,10H2,1-4H3;4-7,12-13,15H,8-9H2,1-3H3;2*5-6,8,12H,4,7H2,1-3H3. The van der Waals surface area contributed by atoms with Crippen LogP contribution in [0.5, 0.6) is 0 Å². The van der Waals surface area contributed by atoms with Crippen LogP contribution in [0, 0.1) is 56.1 Å². The van der Waals surface area contributed by atoms with Crippen LogP contribution < -0.4 is 0 Å². The molecule has 0 aliphatic heterocycles. The van der Waals surface area contributed by atoms with Crippen molar-refractivity contribution in [3.05, 3.63) is 211 Å². The van der Waals surface area contributed by atoms with Gasteiger partial charge in [0.15, 0.2) is 0 Å². The number of fused-ring (bicyclic) bond motifs is 6. The van der Waals surface area contributed by atoms with Gasteiger partial charge in [0.2, 0.25) is 0 Å². The van der Waals surface area contributed by atoms with E-state index in [1.807, 2.05) is 6.07 Å². The van der Waals surface area contributed by atoms with Gasteiger partial charge in [0, 0.05) is 22.2 Å². The maximum absolute atomic E-state index is 13.0. The second-order valence-corrected chi connectivity index (χ2v) is 35.5. The highest BCUT2D eigenvalue weighted by molar-refractivity contribution is 9.10. The van der Waals surface area contributed by atoms with Gasteiger partial charge in [0.05, 0.1) is 18.8 Å². The van der Waals surface area contributed by atoms with E-state index in [2.05, 4.69) is 277 Å². The van der Waals surface area contributed by atoms with Crippen LogP contribution in [0.3, 0.4) is 0 Å². The molecule has 496 valence electrons. The Bertz CT molecular complexity index is 3270. The van der Waals surface area contributed by atoms with E-state index in [9.17, 15) is 14.3 Å². The maximum atomic E-state index is 13.0. The van der Waals surface area contributed by atoms with Crippen LogP contribution in [0.2, 0.25) is 0 Å². The van der Waals surface area contributed by atoms with Crippen molar-refractivity contribution in [1.82, 2.24) is 0 Å². The zero-order valence-corrected chi connectivity index (χ0v) is 62.2. The molecule has 3 nitrogen and oxygen atoms in total. The molecule has 6 aliphatic carbocycles. The smallest absolute Gasteiger partial charge is 0.133 e. The van der Waals surface area contributed by atoms with Crippen LogP contribution >= 0.6 is 15.9 Å². The van der Waals surface area contributed by atoms with Crippen molar-refractivity contribution in [2.45, 2.75) is 258 Å². The Morgan fingerprint density at radius 3 is 1.35 bits per heavy atom. The van der Waals surface area contributed by atoms with E-state index in [-0.39, 0.29) is 34.6 Å². The summed E-state index contributed by atoms with van der Waals surface area (Å²) in [5.74, 6) is 5.14. The van der Waals surface area contributed by atoms with Gasteiger partial charge < -0.3 is 9.84 Å². The molecule has 10 atom stereocenters. The summed E-state index contributed by atoms with van der Waals surface area (Å²) in [6, 6.07) is 46.8. The highest BCUT2D eigenvalue weighted by Gasteiger charge is 2.44. The first-order valence-electron chi connectivity index (χ1n) is 35.0. The number of hydrogen-bond acceptors (Lipinski definition) is 3. The molecule has 0 radical (unpaired) electrons. The third kappa shape index (κ3) is 18.4. The van der Waals surface area contributed by atoms with E-state index in [0.29, 0.717) is 63.8 Å². The van der Waals surface area contributed by atoms with Gasteiger partial charge in [0.25, 0.3) is 0 Å². The summed E-state index contributed by atoms with van der Waals surface area (Å²) in [6.07, 6.45) is 11.1. The number of carbonyl (C=O) groups excluding carboxylic acids is 1. The SMILES string of the molecule is CC(=O)C1Cc2ccccc2C1C(C)(C)C.CC(C)(C)C1CCc2cc(Br)ccc21.CC(C)(C)C1CCc2cc(F)ccc21.CC(C)(C)C1Cc2ccccc2C1CO.CC(C)OC1Cc2ccccc2C1C(C)(C)C.CCC1Cc2ccccc2C1C(C)(C)C. The van der Waals surface area contributed by atoms with E-state index < -0.39 is 0 Å². The number of Topliss-reactive ketones (excluding diaryl/α,β-unsaturated/α-hetero) is 1. The Morgan fingerprint density at radius 1 is 0.495 bits per heavy atom.